The van der Waals surface area contributed by atoms with Crippen molar-refractivity contribution in [3.05, 3.63) is 29.7 Å². The van der Waals surface area contributed by atoms with Crippen LogP contribution in [0.25, 0.3) is 10.9 Å². The van der Waals surface area contributed by atoms with Crippen LogP contribution in [0.15, 0.2) is 18.2 Å². The lowest BCUT2D eigenvalue weighted by atomic mass is 10.1. The number of nitrogens with zero attached hydrogens (tertiary/aromatic N) is 1. The number of fused-ring (bicyclic) bond motifs is 1. The maximum absolute atomic E-state index is 13.5. The third-order valence-electron chi connectivity index (χ3n) is 3.23. The molecule has 18 heavy (non-hydrogen) atoms. The Balaban J connectivity index is 2.31. The van der Waals surface area contributed by atoms with E-state index >= 15 is 0 Å². The van der Waals surface area contributed by atoms with Gasteiger partial charge in [-0.15, -0.1) is 0 Å². The predicted octanol–water partition coefficient (Wildman–Crippen LogP) is 2.55. The van der Waals surface area contributed by atoms with Gasteiger partial charge in [0.15, 0.2) is 0 Å². The van der Waals surface area contributed by atoms with Crippen LogP contribution in [0.5, 0.6) is 5.75 Å². The largest absolute Gasteiger partial charge is 0.494 e. The Morgan fingerprint density at radius 1 is 1.39 bits per heavy atom. The van der Waals surface area contributed by atoms with Gasteiger partial charge in [-0.05, 0) is 25.0 Å². The van der Waals surface area contributed by atoms with Crippen molar-refractivity contribution in [2.24, 2.45) is 5.84 Å². The average molecular weight is 247 g/mol. The molecular weight excluding hydrogens is 233 g/mol. The van der Waals surface area contributed by atoms with Crippen LogP contribution in [-0.2, 0) is 0 Å². The molecule has 1 saturated carbocycles. The lowest BCUT2D eigenvalue weighted by molar-refractivity contribution is 0.415. The number of anilines is 1. The number of methoxy groups -OCH3 is 1. The summed E-state index contributed by atoms with van der Waals surface area (Å²) in [5.41, 5.74) is 4.93. The minimum absolute atomic E-state index is 0.364. The van der Waals surface area contributed by atoms with Crippen LogP contribution in [0.4, 0.5) is 10.1 Å². The highest BCUT2D eigenvalue weighted by atomic mass is 19.1. The third kappa shape index (κ3) is 1.76. The predicted molar refractivity (Wildman–Crippen MR) is 68.0 cm³/mol. The quantitative estimate of drug-likeness (QED) is 0.646. The van der Waals surface area contributed by atoms with Gasteiger partial charge in [0.05, 0.1) is 12.8 Å². The Hall–Kier alpha value is -1.88. The molecule has 1 fully saturated rings. The molecule has 1 heterocycles. The minimum atomic E-state index is -0.364. The van der Waals surface area contributed by atoms with Gasteiger partial charge in [-0.1, -0.05) is 0 Å². The first-order valence-corrected chi connectivity index (χ1v) is 5.87. The molecule has 2 aromatic rings. The topological polar surface area (TPSA) is 60.2 Å². The van der Waals surface area contributed by atoms with E-state index in [9.17, 15) is 4.39 Å². The lowest BCUT2D eigenvalue weighted by Crippen LogP contribution is -2.08. The van der Waals surface area contributed by atoms with E-state index in [1.807, 2.05) is 6.07 Å². The monoisotopic (exact) mass is 247 g/mol. The molecule has 1 aliphatic carbocycles. The first-order valence-electron chi connectivity index (χ1n) is 5.87. The van der Waals surface area contributed by atoms with Crippen molar-refractivity contribution in [3.8, 4) is 5.75 Å². The fourth-order valence-corrected chi connectivity index (χ4v) is 2.15. The van der Waals surface area contributed by atoms with Crippen molar-refractivity contribution >= 4 is 16.6 Å². The van der Waals surface area contributed by atoms with Crippen LogP contribution in [0.3, 0.4) is 0 Å². The van der Waals surface area contributed by atoms with Gasteiger partial charge in [0.2, 0.25) is 0 Å². The molecule has 1 aliphatic rings. The first kappa shape index (κ1) is 11.2. The number of rotatable bonds is 3. The van der Waals surface area contributed by atoms with Gasteiger partial charge in [0.25, 0.3) is 0 Å². The summed E-state index contributed by atoms with van der Waals surface area (Å²) >= 11 is 0. The molecule has 1 aromatic heterocycles. The number of ether oxygens (including phenoxy) is 1. The number of benzene rings is 1. The van der Waals surface area contributed by atoms with Crippen LogP contribution in [0.1, 0.15) is 24.5 Å². The molecule has 0 unspecified atom stereocenters. The van der Waals surface area contributed by atoms with E-state index in [-0.39, 0.29) is 5.82 Å². The number of nitrogen functional groups attached to an aromatic ring is 1. The summed E-state index contributed by atoms with van der Waals surface area (Å²) in [7, 11) is 1.51. The number of hydrazine groups is 1. The molecule has 0 aliphatic heterocycles. The van der Waals surface area contributed by atoms with Crippen molar-refractivity contribution in [2.75, 3.05) is 12.5 Å². The molecule has 4 nitrogen and oxygen atoms in total. The van der Waals surface area contributed by atoms with Crippen LogP contribution < -0.4 is 16.0 Å². The molecule has 3 rings (SSSR count). The Kier molecular flexibility index (Phi) is 2.56. The van der Waals surface area contributed by atoms with Gasteiger partial charge in [-0.2, -0.15) is 0 Å². The second-order valence-corrected chi connectivity index (χ2v) is 4.52. The SMILES string of the molecule is COc1cc(F)cc2c(NN)cc(C3CC3)nc12. The van der Waals surface area contributed by atoms with E-state index in [1.54, 1.807) is 0 Å². The molecule has 0 bridgehead atoms. The van der Waals surface area contributed by atoms with Gasteiger partial charge in [0, 0.05) is 23.1 Å². The zero-order chi connectivity index (χ0) is 12.7. The molecule has 1 aromatic carbocycles. The van der Waals surface area contributed by atoms with Crippen molar-refractivity contribution in [1.82, 2.24) is 4.98 Å². The number of nitrogens with two attached hydrogens (primary N) is 1. The molecule has 0 spiro atoms. The van der Waals surface area contributed by atoms with Crippen LogP contribution in [-0.4, -0.2) is 12.1 Å². The summed E-state index contributed by atoms with van der Waals surface area (Å²) in [4.78, 5) is 4.57. The van der Waals surface area contributed by atoms with Crippen molar-refractivity contribution in [2.45, 2.75) is 18.8 Å². The van der Waals surface area contributed by atoms with Gasteiger partial charge in [-0.3, -0.25) is 5.84 Å². The highest BCUT2D eigenvalue weighted by Crippen LogP contribution is 2.42. The second kappa shape index (κ2) is 4.10. The van der Waals surface area contributed by atoms with Crippen molar-refractivity contribution in [3.63, 3.8) is 0 Å². The third-order valence-corrected chi connectivity index (χ3v) is 3.23. The summed E-state index contributed by atoms with van der Waals surface area (Å²) in [5, 5.41) is 0.638. The molecular formula is C13H14FN3O. The number of pyridine rings is 1. The lowest BCUT2D eigenvalue weighted by Gasteiger charge is -2.11. The number of nitrogens with one attached hydrogen (secondary N) is 1. The molecule has 0 saturated heterocycles. The molecule has 3 N–H and O–H groups in total. The first-order chi connectivity index (χ1) is 8.72. The van der Waals surface area contributed by atoms with Gasteiger partial charge >= 0.3 is 0 Å². The van der Waals surface area contributed by atoms with Gasteiger partial charge in [-0.25, -0.2) is 9.37 Å². The van der Waals surface area contributed by atoms with E-state index in [0.717, 1.165) is 18.5 Å². The maximum atomic E-state index is 13.5. The minimum Gasteiger partial charge on any atom is -0.494 e. The molecule has 0 atom stereocenters. The summed E-state index contributed by atoms with van der Waals surface area (Å²) in [6, 6.07) is 4.64. The smallest absolute Gasteiger partial charge is 0.148 e. The summed E-state index contributed by atoms with van der Waals surface area (Å²) in [6.07, 6.45) is 2.29. The zero-order valence-corrected chi connectivity index (χ0v) is 10.0. The Morgan fingerprint density at radius 3 is 2.78 bits per heavy atom. The molecule has 0 radical (unpaired) electrons. The fraction of sp³-hybridized carbons (Fsp3) is 0.308. The summed E-state index contributed by atoms with van der Waals surface area (Å²) < 4.78 is 18.7. The van der Waals surface area contributed by atoms with Crippen molar-refractivity contribution < 1.29 is 9.13 Å². The highest BCUT2D eigenvalue weighted by Gasteiger charge is 2.26. The van der Waals surface area contributed by atoms with Crippen LogP contribution >= 0.6 is 0 Å². The van der Waals surface area contributed by atoms with Crippen molar-refractivity contribution in [1.29, 1.82) is 0 Å². The molecule has 0 amide bonds. The average Bonchev–Trinajstić information content (AvgIpc) is 3.20. The molecule has 5 heteroatoms. The fourth-order valence-electron chi connectivity index (χ4n) is 2.15. The number of aromatic nitrogens is 1. The number of halogens is 1. The van der Waals surface area contributed by atoms with Crippen LogP contribution in [0.2, 0.25) is 0 Å². The second-order valence-electron chi connectivity index (χ2n) is 4.52. The number of hydrogen-bond donors (Lipinski definition) is 2. The van der Waals surface area contributed by atoms with E-state index in [4.69, 9.17) is 10.6 Å². The normalized spacial score (nSPS) is 14.8. The zero-order valence-electron chi connectivity index (χ0n) is 10.0. The number of hydrogen-bond acceptors (Lipinski definition) is 4. The van der Waals surface area contributed by atoms with Crippen LogP contribution in [0, 0.1) is 5.82 Å². The van der Waals surface area contributed by atoms with Gasteiger partial charge in [0.1, 0.15) is 17.1 Å². The Morgan fingerprint density at radius 2 is 2.17 bits per heavy atom. The van der Waals surface area contributed by atoms with Gasteiger partial charge < -0.3 is 10.2 Å². The van der Waals surface area contributed by atoms with E-state index < -0.39 is 0 Å². The highest BCUT2D eigenvalue weighted by molar-refractivity contribution is 5.95. The Labute approximate surface area is 104 Å². The summed E-state index contributed by atoms with van der Waals surface area (Å²) in [5.74, 6) is 6.07. The van der Waals surface area contributed by atoms with E-state index in [0.29, 0.717) is 28.3 Å². The summed E-state index contributed by atoms with van der Waals surface area (Å²) in [6.45, 7) is 0. The van der Waals surface area contributed by atoms with E-state index in [1.165, 1.54) is 19.2 Å². The Bertz CT molecular complexity index is 611. The molecule has 94 valence electrons. The maximum Gasteiger partial charge on any atom is 0.148 e. The van der Waals surface area contributed by atoms with E-state index in [2.05, 4.69) is 10.4 Å². The standard InChI is InChI=1S/C13H14FN3O/c1-18-12-5-8(14)4-9-11(17-15)6-10(7-2-3-7)16-13(9)12/h4-7H,2-3,15H2,1H3,(H,16,17).